The highest BCUT2D eigenvalue weighted by Gasteiger charge is 2.15. The number of hydrazine groups is 1. The SMILES string of the molecule is NNC(Cc1cc(F)ccc1F)c1ccc(F)c(Cl)c1. The number of nitrogens with two attached hydrogens (primary N) is 1. The minimum absolute atomic E-state index is 0.0533. The molecule has 106 valence electrons. The zero-order valence-electron chi connectivity index (χ0n) is 10.3. The topological polar surface area (TPSA) is 38.0 Å². The molecule has 20 heavy (non-hydrogen) atoms. The molecular formula is C14H12ClF3N2. The summed E-state index contributed by atoms with van der Waals surface area (Å²) in [7, 11) is 0. The Labute approximate surface area is 119 Å². The van der Waals surface area contributed by atoms with Crippen molar-refractivity contribution in [1.82, 2.24) is 5.43 Å². The zero-order chi connectivity index (χ0) is 14.7. The predicted molar refractivity (Wildman–Crippen MR) is 71.5 cm³/mol. The molecule has 3 N–H and O–H groups in total. The van der Waals surface area contributed by atoms with Gasteiger partial charge in [0.15, 0.2) is 0 Å². The number of halogens is 4. The molecule has 0 aliphatic rings. The van der Waals surface area contributed by atoms with Crippen LogP contribution in [0.4, 0.5) is 13.2 Å². The number of rotatable bonds is 4. The van der Waals surface area contributed by atoms with E-state index in [9.17, 15) is 13.2 Å². The van der Waals surface area contributed by atoms with Crippen LogP contribution in [0.3, 0.4) is 0 Å². The molecule has 0 spiro atoms. The van der Waals surface area contributed by atoms with Crippen molar-refractivity contribution in [3.05, 3.63) is 70.0 Å². The van der Waals surface area contributed by atoms with Gasteiger partial charge in [-0.3, -0.25) is 11.3 Å². The van der Waals surface area contributed by atoms with E-state index in [0.29, 0.717) is 5.56 Å². The van der Waals surface area contributed by atoms with Crippen LogP contribution in [0.25, 0.3) is 0 Å². The average Bonchev–Trinajstić information content (AvgIpc) is 2.43. The van der Waals surface area contributed by atoms with Crippen LogP contribution in [0, 0.1) is 17.5 Å². The molecule has 0 bridgehead atoms. The van der Waals surface area contributed by atoms with Crippen LogP contribution in [0.1, 0.15) is 17.2 Å². The highest BCUT2D eigenvalue weighted by molar-refractivity contribution is 6.30. The Morgan fingerprint density at radius 3 is 2.40 bits per heavy atom. The van der Waals surface area contributed by atoms with Gasteiger partial charge in [0.25, 0.3) is 0 Å². The lowest BCUT2D eigenvalue weighted by Crippen LogP contribution is -2.29. The molecule has 0 heterocycles. The highest BCUT2D eigenvalue weighted by Crippen LogP contribution is 2.24. The normalized spacial score (nSPS) is 12.4. The van der Waals surface area contributed by atoms with Gasteiger partial charge in [0.05, 0.1) is 11.1 Å². The lowest BCUT2D eigenvalue weighted by atomic mass is 9.99. The minimum Gasteiger partial charge on any atom is -0.271 e. The van der Waals surface area contributed by atoms with Gasteiger partial charge in [0, 0.05) is 0 Å². The molecule has 1 unspecified atom stereocenters. The first kappa shape index (κ1) is 14.8. The highest BCUT2D eigenvalue weighted by atomic mass is 35.5. The van der Waals surface area contributed by atoms with Gasteiger partial charge in [0.1, 0.15) is 17.5 Å². The Hall–Kier alpha value is -1.56. The van der Waals surface area contributed by atoms with E-state index in [4.69, 9.17) is 17.4 Å². The van der Waals surface area contributed by atoms with Crippen molar-refractivity contribution < 1.29 is 13.2 Å². The van der Waals surface area contributed by atoms with Gasteiger partial charge < -0.3 is 0 Å². The zero-order valence-corrected chi connectivity index (χ0v) is 11.1. The second-order valence-corrected chi connectivity index (χ2v) is 4.74. The fourth-order valence-corrected chi connectivity index (χ4v) is 2.11. The molecule has 2 aromatic carbocycles. The van der Waals surface area contributed by atoms with Crippen molar-refractivity contribution in [3.63, 3.8) is 0 Å². The quantitative estimate of drug-likeness (QED) is 0.670. The third-order valence-corrected chi connectivity index (χ3v) is 3.27. The molecule has 0 radical (unpaired) electrons. The first-order valence-electron chi connectivity index (χ1n) is 5.86. The monoisotopic (exact) mass is 300 g/mol. The number of benzene rings is 2. The average molecular weight is 301 g/mol. The summed E-state index contributed by atoms with van der Waals surface area (Å²) in [5.41, 5.74) is 3.25. The molecule has 0 saturated heterocycles. The van der Waals surface area contributed by atoms with E-state index in [1.165, 1.54) is 18.2 Å². The molecule has 0 aliphatic heterocycles. The maximum atomic E-state index is 13.6. The molecule has 0 amide bonds. The second kappa shape index (κ2) is 6.26. The molecule has 2 nitrogen and oxygen atoms in total. The van der Waals surface area contributed by atoms with Crippen molar-refractivity contribution in [2.75, 3.05) is 0 Å². The van der Waals surface area contributed by atoms with Gasteiger partial charge in [-0.05, 0) is 47.9 Å². The molecule has 0 aliphatic carbocycles. The van der Waals surface area contributed by atoms with E-state index in [0.717, 1.165) is 18.2 Å². The van der Waals surface area contributed by atoms with Gasteiger partial charge in [-0.25, -0.2) is 13.2 Å². The van der Waals surface area contributed by atoms with E-state index in [2.05, 4.69) is 5.43 Å². The summed E-state index contributed by atoms with van der Waals surface area (Å²) < 4.78 is 39.9. The predicted octanol–water partition coefficient (Wildman–Crippen LogP) is 3.50. The minimum atomic E-state index is -0.553. The second-order valence-electron chi connectivity index (χ2n) is 4.33. The molecule has 2 aromatic rings. The summed E-state index contributed by atoms with van der Waals surface area (Å²) in [6.07, 6.45) is 0.113. The van der Waals surface area contributed by atoms with Crippen molar-refractivity contribution in [2.45, 2.75) is 12.5 Å². The molecule has 0 aromatic heterocycles. The largest absolute Gasteiger partial charge is 0.271 e. The van der Waals surface area contributed by atoms with Crippen molar-refractivity contribution in [2.24, 2.45) is 5.84 Å². The van der Waals surface area contributed by atoms with Crippen molar-refractivity contribution >= 4 is 11.6 Å². The van der Waals surface area contributed by atoms with Crippen LogP contribution in [-0.2, 0) is 6.42 Å². The van der Waals surface area contributed by atoms with Crippen LogP contribution >= 0.6 is 11.6 Å². The van der Waals surface area contributed by atoms with Gasteiger partial charge in [-0.2, -0.15) is 0 Å². The van der Waals surface area contributed by atoms with Crippen LogP contribution in [-0.4, -0.2) is 0 Å². The number of hydrogen-bond donors (Lipinski definition) is 2. The van der Waals surface area contributed by atoms with Gasteiger partial charge >= 0.3 is 0 Å². The van der Waals surface area contributed by atoms with Crippen LogP contribution in [0.2, 0.25) is 5.02 Å². The Kier molecular flexibility index (Phi) is 4.65. The number of nitrogens with one attached hydrogen (secondary N) is 1. The Morgan fingerprint density at radius 1 is 1.05 bits per heavy atom. The maximum Gasteiger partial charge on any atom is 0.141 e. The van der Waals surface area contributed by atoms with Crippen LogP contribution in [0.5, 0.6) is 0 Å². The lowest BCUT2D eigenvalue weighted by Gasteiger charge is -2.17. The molecule has 0 fully saturated rings. The van der Waals surface area contributed by atoms with Gasteiger partial charge in [-0.15, -0.1) is 0 Å². The molecule has 0 saturated carbocycles. The Bertz CT molecular complexity index is 619. The molecule has 6 heteroatoms. The lowest BCUT2D eigenvalue weighted by molar-refractivity contribution is 0.521. The summed E-state index contributed by atoms with van der Waals surface area (Å²) in [5, 5.41) is -0.0533. The van der Waals surface area contributed by atoms with Crippen molar-refractivity contribution in [1.29, 1.82) is 0 Å². The summed E-state index contributed by atoms with van der Waals surface area (Å²) in [6, 6.07) is 6.77. The van der Waals surface area contributed by atoms with E-state index in [1.54, 1.807) is 0 Å². The molecule has 1 atom stereocenters. The Morgan fingerprint density at radius 2 is 1.75 bits per heavy atom. The summed E-state index contributed by atoms with van der Waals surface area (Å²) in [5.74, 6) is 3.81. The fourth-order valence-electron chi connectivity index (χ4n) is 1.92. The first-order chi connectivity index (χ1) is 9.51. The smallest absolute Gasteiger partial charge is 0.141 e. The van der Waals surface area contributed by atoms with Crippen molar-refractivity contribution in [3.8, 4) is 0 Å². The third-order valence-electron chi connectivity index (χ3n) is 2.98. The first-order valence-corrected chi connectivity index (χ1v) is 6.24. The van der Waals surface area contributed by atoms with E-state index < -0.39 is 23.5 Å². The van der Waals surface area contributed by atoms with E-state index in [-0.39, 0.29) is 17.0 Å². The fraction of sp³-hybridized carbons (Fsp3) is 0.143. The van der Waals surface area contributed by atoms with E-state index >= 15 is 0 Å². The van der Waals surface area contributed by atoms with E-state index in [1.807, 2.05) is 0 Å². The summed E-state index contributed by atoms with van der Waals surface area (Å²) in [6.45, 7) is 0. The molecule has 2 rings (SSSR count). The Balaban J connectivity index is 2.28. The standard InChI is InChI=1S/C14H12ClF3N2/c15-11-6-8(1-3-13(11)18)14(20-19)7-9-5-10(16)2-4-12(9)17/h1-6,14,20H,7,19H2. The summed E-state index contributed by atoms with van der Waals surface area (Å²) >= 11 is 5.70. The summed E-state index contributed by atoms with van der Waals surface area (Å²) in [4.78, 5) is 0. The van der Waals surface area contributed by atoms with Crippen LogP contribution in [0.15, 0.2) is 36.4 Å². The van der Waals surface area contributed by atoms with Gasteiger partial charge in [0.2, 0.25) is 0 Å². The van der Waals surface area contributed by atoms with Crippen LogP contribution < -0.4 is 11.3 Å². The third kappa shape index (κ3) is 3.30. The maximum absolute atomic E-state index is 13.6. The number of hydrogen-bond acceptors (Lipinski definition) is 2. The molecular weight excluding hydrogens is 289 g/mol. The van der Waals surface area contributed by atoms with Gasteiger partial charge in [-0.1, -0.05) is 17.7 Å².